The molecule has 2 N–H and O–H groups in total. The van der Waals surface area contributed by atoms with Gasteiger partial charge in [-0.15, -0.1) is 0 Å². The Bertz CT molecular complexity index is 391. The second kappa shape index (κ2) is 6.85. The van der Waals surface area contributed by atoms with E-state index >= 15 is 0 Å². The lowest BCUT2D eigenvalue weighted by molar-refractivity contribution is -0.139. The summed E-state index contributed by atoms with van der Waals surface area (Å²) in [4.78, 5) is 17.3. The lowest BCUT2D eigenvalue weighted by Crippen LogP contribution is -2.54. The highest BCUT2D eigenvalue weighted by Gasteiger charge is 2.50. The first-order valence-electron chi connectivity index (χ1n) is 8.94. The molecule has 0 radical (unpaired) electrons. The van der Waals surface area contributed by atoms with Gasteiger partial charge in [-0.3, -0.25) is 9.69 Å². The first-order valence-corrected chi connectivity index (χ1v) is 8.94. The average molecular weight is 309 g/mol. The van der Waals surface area contributed by atoms with Gasteiger partial charge >= 0.3 is 0 Å². The SMILES string of the molecule is CC(C)OCCN1CCN(C(=O)C2C3CCC(C3)C2N)CC1. The minimum atomic E-state index is 0.106. The molecule has 0 spiro atoms. The van der Waals surface area contributed by atoms with Crippen LogP contribution in [0.25, 0.3) is 0 Å². The van der Waals surface area contributed by atoms with Gasteiger partial charge in [0.2, 0.25) is 5.91 Å². The molecule has 0 aromatic carbocycles. The normalized spacial score (nSPS) is 35.5. The summed E-state index contributed by atoms with van der Waals surface area (Å²) in [6.45, 7) is 9.50. The Morgan fingerprint density at radius 2 is 1.86 bits per heavy atom. The van der Waals surface area contributed by atoms with E-state index in [9.17, 15) is 4.79 Å². The van der Waals surface area contributed by atoms with Crippen molar-refractivity contribution >= 4 is 5.91 Å². The monoisotopic (exact) mass is 309 g/mol. The Kier molecular flexibility index (Phi) is 5.05. The summed E-state index contributed by atoms with van der Waals surface area (Å²) in [7, 11) is 0. The van der Waals surface area contributed by atoms with Gasteiger partial charge in [0.05, 0.1) is 18.6 Å². The molecule has 0 aromatic rings. The Hall–Kier alpha value is -0.650. The molecule has 1 heterocycles. The van der Waals surface area contributed by atoms with Gasteiger partial charge in [0.15, 0.2) is 0 Å². The molecule has 3 fully saturated rings. The Morgan fingerprint density at radius 3 is 2.45 bits per heavy atom. The highest BCUT2D eigenvalue weighted by molar-refractivity contribution is 5.80. The van der Waals surface area contributed by atoms with Crippen LogP contribution in [0.5, 0.6) is 0 Å². The topological polar surface area (TPSA) is 58.8 Å². The summed E-state index contributed by atoms with van der Waals surface area (Å²) in [6, 6.07) is 0.115. The number of rotatable bonds is 5. The summed E-state index contributed by atoms with van der Waals surface area (Å²) < 4.78 is 5.61. The molecular weight excluding hydrogens is 278 g/mol. The number of carbonyl (C=O) groups is 1. The van der Waals surface area contributed by atoms with Gasteiger partial charge in [-0.1, -0.05) is 0 Å². The fourth-order valence-corrected chi connectivity index (χ4v) is 4.52. The quantitative estimate of drug-likeness (QED) is 0.821. The van der Waals surface area contributed by atoms with Gasteiger partial charge in [-0.05, 0) is 44.9 Å². The van der Waals surface area contributed by atoms with E-state index < -0.39 is 0 Å². The minimum absolute atomic E-state index is 0.106. The summed E-state index contributed by atoms with van der Waals surface area (Å²) in [5, 5.41) is 0. The number of piperazine rings is 1. The third-order valence-electron chi connectivity index (χ3n) is 5.81. The number of carbonyl (C=O) groups excluding carboxylic acids is 1. The van der Waals surface area contributed by atoms with Crippen molar-refractivity contribution in [1.29, 1.82) is 0 Å². The second-order valence-corrected chi connectivity index (χ2v) is 7.52. The van der Waals surface area contributed by atoms with Crippen LogP contribution >= 0.6 is 0 Å². The van der Waals surface area contributed by atoms with Crippen LogP contribution < -0.4 is 5.73 Å². The van der Waals surface area contributed by atoms with Gasteiger partial charge in [-0.2, -0.15) is 0 Å². The number of nitrogens with zero attached hydrogens (tertiary/aromatic N) is 2. The van der Waals surface area contributed by atoms with Gasteiger partial charge in [0.1, 0.15) is 0 Å². The van der Waals surface area contributed by atoms with E-state index in [1.807, 2.05) is 0 Å². The summed E-state index contributed by atoms with van der Waals surface area (Å²) >= 11 is 0. The van der Waals surface area contributed by atoms with Crippen molar-refractivity contribution in [2.24, 2.45) is 23.5 Å². The van der Waals surface area contributed by atoms with Crippen LogP contribution in [-0.2, 0) is 9.53 Å². The fraction of sp³-hybridized carbons (Fsp3) is 0.941. The number of fused-ring (bicyclic) bond motifs is 2. The third kappa shape index (κ3) is 3.31. The summed E-state index contributed by atoms with van der Waals surface area (Å²) in [6.07, 6.45) is 3.92. The van der Waals surface area contributed by atoms with Gasteiger partial charge in [-0.25, -0.2) is 0 Å². The van der Waals surface area contributed by atoms with Crippen LogP contribution in [0.4, 0.5) is 0 Å². The predicted molar refractivity (Wildman–Crippen MR) is 86.4 cm³/mol. The molecule has 3 aliphatic rings. The molecule has 126 valence electrons. The lowest BCUT2D eigenvalue weighted by atomic mass is 9.84. The zero-order chi connectivity index (χ0) is 15.7. The third-order valence-corrected chi connectivity index (χ3v) is 5.81. The van der Waals surface area contributed by atoms with Crippen molar-refractivity contribution in [2.75, 3.05) is 39.3 Å². The molecule has 0 aromatic heterocycles. The molecule has 1 saturated heterocycles. The Balaban J connectivity index is 1.44. The molecule has 2 aliphatic carbocycles. The van der Waals surface area contributed by atoms with Crippen molar-refractivity contribution < 1.29 is 9.53 Å². The second-order valence-electron chi connectivity index (χ2n) is 7.52. The highest BCUT2D eigenvalue weighted by atomic mass is 16.5. The number of nitrogens with two attached hydrogens (primary N) is 1. The van der Waals surface area contributed by atoms with E-state index in [0.29, 0.717) is 23.8 Å². The zero-order valence-corrected chi connectivity index (χ0v) is 14.0. The highest BCUT2D eigenvalue weighted by Crippen LogP contribution is 2.48. The van der Waals surface area contributed by atoms with Crippen LogP contribution in [0.2, 0.25) is 0 Å². The first-order chi connectivity index (χ1) is 10.6. The molecule has 5 nitrogen and oxygen atoms in total. The largest absolute Gasteiger partial charge is 0.377 e. The minimum Gasteiger partial charge on any atom is -0.377 e. The van der Waals surface area contributed by atoms with E-state index in [1.54, 1.807) is 0 Å². The molecule has 22 heavy (non-hydrogen) atoms. The predicted octanol–water partition coefficient (Wildman–Crippen LogP) is 0.929. The van der Waals surface area contributed by atoms with Crippen LogP contribution in [0.3, 0.4) is 0 Å². The summed E-state index contributed by atoms with van der Waals surface area (Å²) in [5.74, 6) is 1.60. The maximum absolute atomic E-state index is 12.8. The number of hydrogen-bond acceptors (Lipinski definition) is 4. The van der Waals surface area contributed by atoms with Crippen LogP contribution in [0, 0.1) is 17.8 Å². The molecule has 3 rings (SSSR count). The van der Waals surface area contributed by atoms with E-state index in [4.69, 9.17) is 10.5 Å². The maximum atomic E-state index is 12.8. The lowest BCUT2D eigenvalue weighted by Gasteiger charge is -2.38. The molecule has 4 atom stereocenters. The van der Waals surface area contributed by atoms with Crippen LogP contribution in [0.1, 0.15) is 33.1 Å². The van der Waals surface area contributed by atoms with Gasteiger partial charge < -0.3 is 15.4 Å². The van der Waals surface area contributed by atoms with Crippen molar-refractivity contribution in [3.05, 3.63) is 0 Å². The molecule has 2 bridgehead atoms. The number of amides is 1. The smallest absolute Gasteiger partial charge is 0.227 e. The van der Waals surface area contributed by atoms with Crippen molar-refractivity contribution in [2.45, 2.75) is 45.3 Å². The van der Waals surface area contributed by atoms with E-state index in [0.717, 1.165) is 39.3 Å². The molecule has 2 saturated carbocycles. The molecule has 1 aliphatic heterocycles. The number of hydrogen-bond donors (Lipinski definition) is 1. The van der Waals surface area contributed by atoms with Crippen molar-refractivity contribution in [3.63, 3.8) is 0 Å². The van der Waals surface area contributed by atoms with E-state index in [-0.39, 0.29) is 12.0 Å². The van der Waals surface area contributed by atoms with Crippen molar-refractivity contribution in [1.82, 2.24) is 9.80 Å². The molecule has 4 unspecified atom stereocenters. The molecule has 1 amide bonds. The molecular formula is C17H31N3O2. The standard InChI is InChI=1S/C17H31N3O2/c1-12(2)22-10-9-19-5-7-20(8-6-19)17(21)15-13-3-4-14(11-13)16(15)18/h12-16H,3-11,18H2,1-2H3. The maximum Gasteiger partial charge on any atom is 0.227 e. The van der Waals surface area contributed by atoms with E-state index in [1.165, 1.54) is 19.3 Å². The Morgan fingerprint density at radius 1 is 1.18 bits per heavy atom. The average Bonchev–Trinajstić information content (AvgIpc) is 3.08. The fourth-order valence-electron chi connectivity index (χ4n) is 4.52. The van der Waals surface area contributed by atoms with Gasteiger partial charge in [0.25, 0.3) is 0 Å². The molecule has 5 heteroatoms. The van der Waals surface area contributed by atoms with E-state index in [2.05, 4.69) is 23.6 Å². The first kappa shape index (κ1) is 16.2. The number of ether oxygens (including phenoxy) is 1. The Labute approximate surface area is 134 Å². The van der Waals surface area contributed by atoms with Crippen LogP contribution in [-0.4, -0.2) is 67.2 Å². The van der Waals surface area contributed by atoms with Crippen molar-refractivity contribution in [3.8, 4) is 0 Å². The van der Waals surface area contributed by atoms with Gasteiger partial charge in [0, 0.05) is 38.8 Å². The van der Waals surface area contributed by atoms with Crippen LogP contribution in [0.15, 0.2) is 0 Å². The zero-order valence-electron chi connectivity index (χ0n) is 14.0. The summed E-state index contributed by atoms with van der Waals surface area (Å²) in [5.41, 5.74) is 6.32.